The van der Waals surface area contributed by atoms with Crippen LogP contribution in [-0.2, 0) is 9.53 Å². The average Bonchev–Trinajstić information content (AvgIpc) is 2.44. The molecule has 0 aromatic heterocycles. The Morgan fingerprint density at radius 1 is 1.30 bits per heavy atom. The molecule has 102 valence electrons. The zero-order valence-electron chi connectivity index (χ0n) is 11.2. The van der Waals surface area contributed by atoms with E-state index < -0.39 is 24.0 Å². The molecule has 0 N–H and O–H groups in total. The topological polar surface area (TPSA) is 82.6 Å². The first-order chi connectivity index (χ1) is 9.51. The SMILES string of the molecule is [C-]#[N+]C(C#N)C(CCCOC(=O)C(=C)C)C(C#N)[N+]#[C-]. The Morgan fingerprint density at radius 2 is 1.80 bits per heavy atom. The number of ether oxygens (including phenoxy) is 1. The van der Waals surface area contributed by atoms with Crippen LogP contribution >= 0.6 is 0 Å². The first-order valence-electron chi connectivity index (χ1n) is 5.86. The van der Waals surface area contributed by atoms with Crippen molar-refractivity contribution in [1.29, 1.82) is 10.5 Å². The van der Waals surface area contributed by atoms with E-state index in [2.05, 4.69) is 16.3 Å². The van der Waals surface area contributed by atoms with Crippen molar-refractivity contribution in [2.45, 2.75) is 31.8 Å². The monoisotopic (exact) mass is 270 g/mol. The van der Waals surface area contributed by atoms with Crippen LogP contribution in [-0.4, -0.2) is 24.7 Å². The molecule has 0 fully saturated rings. The van der Waals surface area contributed by atoms with E-state index >= 15 is 0 Å². The number of hydrogen-bond acceptors (Lipinski definition) is 4. The van der Waals surface area contributed by atoms with E-state index in [1.807, 2.05) is 0 Å². The Morgan fingerprint density at radius 3 is 2.15 bits per heavy atom. The maximum Gasteiger partial charge on any atom is 0.333 e. The van der Waals surface area contributed by atoms with Crippen molar-refractivity contribution in [2.24, 2.45) is 5.92 Å². The third-order valence-corrected chi connectivity index (χ3v) is 2.62. The highest BCUT2D eigenvalue weighted by atomic mass is 16.5. The number of carbonyl (C=O) groups excluding carboxylic acids is 1. The van der Waals surface area contributed by atoms with Gasteiger partial charge in [0.15, 0.2) is 12.1 Å². The molecule has 0 radical (unpaired) electrons. The fourth-order valence-electron chi connectivity index (χ4n) is 1.54. The van der Waals surface area contributed by atoms with Crippen LogP contribution < -0.4 is 0 Å². The summed E-state index contributed by atoms with van der Waals surface area (Å²) >= 11 is 0. The second kappa shape index (κ2) is 9.15. The molecule has 0 saturated carbocycles. The molecule has 0 aliphatic carbocycles. The minimum Gasteiger partial charge on any atom is -0.462 e. The maximum atomic E-state index is 11.2. The van der Waals surface area contributed by atoms with Gasteiger partial charge in [-0.25, -0.2) is 17.9 Å². The Bertz CT molecular complexity index is 467. The van der Waals surface area contributed by atoms with Crippen LogP contribution in [0.5, 0.6) is 0 Å². The highest BCUT2D eigenvalue weighted by Gasteiger charge is 2.38. The van der Waals surface area contributed by atoms with Gasteiger partial charge >= 0.3 is 18.1 Å². The lowest BCUT2D eigenvalue weighted by Gasteiger charge is -2.12. The Labute approximate surface area is 118 Å². The van der Waals surface area contributed by atoms with Crippen molar-refractivity contribution in [2.75, 3.05) is 6.61 Å². The average molecular weight is 270 g/mol. The van der Waals surface area contributed by atoms with Crippen molar-refractivity contribution >= 4 is 5.97 Å². The van der Waals surface area contributed by atoms with Crippen LogP contribution in [0.3, 0.4) is 0 Å². The molecule has 0 aromatic carbocycles. The molecule has 6 heteroatoms. The molecule has 20 heavy (non-hydrogen) atoms. The minimum absolute atomic E-state index is 0.106. The Kier molecular flexibility index (Phi) is 7.85. The molecule has 0 aliphatic heterocycles. The molecule has 0 spiro atoms. The third-order valence-electron chi connectivity index (χ3n) is 2.62. The van der Waals surface area contributed by atoms with Gasteiger partial charge in [0.2, 0.25) is 0 Å². The van der Waals surface area contributed by atoms with E-state index in [0.717, 1.165) is 0 Å². The summed E-state index contributed by atoms with van der Waals surface area (Å²) < 4.78 is 4.89. The van der Waals surface area contributed by atoms with Gasteiger partial charge in [-0.1, -0.05) is 6.58 Å². The van der Waals surface area contributed by atoms with E-state index in [1.165, 1.54) is 6.92 Å². The molecule has 2 unspecified atom stereocenters. The first-order valence-corrected chi connectivity index (χ1v) is 5.86. The van der Waals surface area contributed by atoms with Crippen molar-refractivity contribution in [3.05, 3.63) is 35.0 Å². The second-order valence-corrected chi connectivity index (χ2v) is 4.13. The normalized spacial score (nSPS) is 13.4. The molecule has 0 aromatic rings. The molecule has 0 saturated heterocycles. The van der Waals surface area contributed by atoms with E-state index in [1.54, 1.807) is 12.1 Å². The van der Waals surface area contributed by atoms with E-state index in [0.29, 0.717) is 12.8 Å². The van der Waals surface area contributed by atoms with E-state index in [4.69, 9.17) is 28.4 Å². The predicted octanol–water partition coefficient (Wildman–Crippen LogP) is 2.13. The van der Waals surface area contributed by atoms with Gasteiger partial charge in [0.05, 0.1) is 6.61 Å². The van der Waals surface area contributed by atoms with Crippen molar-refractivity contribution in [3.63, 3.8) is 0 Å². The third kappa shape index (κ3) is 5.21. The van der Waals surface area contributed by atoms with Gasteiger partial charge in [-0.15, -0.1) is 0 Å². The van der Waals surface area contributed by atoms with Gasteiger partial charge in [0, 0.05) is 5.57 Å². The number of nitriles is 2. The fraction of sp³-hybridized carbons (Fsp3) is 0.500. The van der Waals surface area contributed by atoms with Gasteiger partial charge < -0.3 is 4.74 Å². The highest BCUT2D eigenvalue weighted by molar-refractivity contribution is 5.86. The quantitative estimate of drug-likeness (QED) is 0.307. The highest BCUT2D eigenvalue weighted by Crippen LogP contribution is 2.21. The standard InChI is InChI=1S/C14H14N4O2/c1-10(2)14(19)20-7-5-6-11(12(8-15)17-3)13(9-16)18-4/h11-13H,1,5-7H2,2H3. The van der Waals surface area contributed by atoms with Crippen LogP contribution in [0.25, 0.3) is 9.69 Å². The summed E-state index contributed by atoms with van der Waals surface area (Å²) in [6.45, 7) is 18.9. The lowest BCUT2D eigenvalue weighted by molar-refractivity contribution is -0.139. The Hall–Kier alpha value is -2.83. The molecular formula is C14H14N4O2. The minimum atomic E-state index is -1.04. The van der Waals surface area contributed by atoms with Crippen molar-refractivity contribution in [1.82, 2.24) is 0 Å². The summed E-state index contributed by atoms with van der Waals surface area (Å²) in [6, 6.07) is 1.52. The molecular weight excluding hydrogens is 256 g/mol. The molecule has 0 rings (SSSR count). The zero-order valence-corrected chi connectivity index (χ0v) is 11.2. The van der Waals surface area contributed by atoms with Crippen LogP contribution in [0.1, 0.15) is 19.8 Å². The molecule has 0 heterocycles. The first kappa shape index (κ1) is 17.2. The van der Waals surface area contributed by atoms with Gasteiger partial charge in [-0.3, -0.25) is 9.69 Å². The lowest BCUT2D eigenvalue weighted by Crippen LogP contribution is -2.26. The predicted molar refractivity (Wildman–Crippen MR) is 70.5 cm³/mol. The molecule has 6 nitrogen and oxygen atoms in total. The smallest absolute Gasteiger partial charge is 0.333 e. The van der Waals surface area contributed by atoms with Crippen molar-refractivity contribution < 1.29 is 9.53 Å². The number of nitrogens with zero attached hydrogens (tertiary/aromatic N) is 4. The van der Waals surface area contributed by atoms with Crippen LogP contribution in [0.15, 0.2) is 12.2 Å². The molecule has 0 aliphatic rings. The second-order valence-electron chi connectivity index (χ2n) is 4.13. The summed E-state index contributed by atoms with van der Waals surface area (Å²) in [5, 5.41) is 17.8. The summed E-state index contributed by atoms with van der Waals surface area (Å²) in [7, 11) is 0. The van der Waals surface area contributed by atoms with E-state index in [-0.39, 0.29) is 12.2 Å². The van der Waals surface area contributed by atoms with E-state index in [9.17, 15) is 4.79 Å². The van der Waals surface area contributed by atoms with Gasteiger partial charge in [0.25, 0.3) is 0 Å². The molecule has 2 atom stereocenters. The van der Waals surface area contributed by atoms with Crippen LogP contribution in [0.4, 0.5) is 0 Å². The largest absolute Gasteiger partial charge is 0.462 e. The number of carbonyl (C=O) groups is 1. The summed E-state index contributed by atoms with van der Waals surface area (Å²) in [4.78, 5) is 17.4. The number of rotatable bonds is 7. The zero-order chi connectivity index (χ0) is 15.5. The van der Waals surface area contributed by atoms with Gasteiger partial charge in [0.1, 0.15) is 5.92 Å². The van der Waals surface area contributed by atoms with Crippen molar-refractivity contribution in [3.8, 4) is 12.1 Å². The number of hydrogen-bond donors (Lipinski definition) is 0. The van der Waals surface area contributed by atoms with Gasteiger partial charge in [-0.05, 0) is 19.8 Å². The lowest BCUT2D eigenvalue weighted by atomic mass is 9.89. The van der Waals surface area contributed by atoms with Gasteiger partial charge in [-0.2, -0.15) is 10.5 Å². The maximum absolute atomic E-state index is 11.2. The van der Waals surface area contributed by atoms with Crippen LogP contribution in [0, 0.1) is 41.7 Å². The fourth-order valence-corrected chi connectivity index (χ4v) is 1.54. The summed E-state index contributed by atoms with van der Waals surface area (Å²) in [5.41, 5.74) is 0.286. The molecule has 0 bridgehead atoms. The molecule has 0 amide bonds. The summed E-state index contributed by atoms with van der Waals surface area (Å²) in [6.07, 6.45) is 0.676. The number of esters is 1. The Balaban J connectivity index is 4.56. The van der Waals surface area contributed by atoms with Crippen LogP contribution in [0.2, 0.25) is 0 Å². The summed E-state index contributed by atoms with van der Waals surface area (Å²) in [5.74, 6) is -1.17.